The number of halogens is 2. The van der Waals surface area contributed by atoms with Gasteiger partial charge in [-0.1, -0.05) is 23.2 Å². The van der Waals surface area contributed by atoms with Crippen LogP contribution in [0, 0.1) is 18.3 Å². The summed E-state index contributed by atoms with van der Waals surface area (Å²) in [4.78, 5) is 0. The fourth-order valence-corrected chi connectivity index (χ4v) is 2.28. The third-order valence-corrected chi connectivity index (χ3v) is 2.80. The zero-order valence-corrected chi connectivity index (χ0v) is 10.4. The van der Waals surface area contributed by atoms with Crippen LogP contribution >= 0.6 is 23.2 Å². The number of hydrogen-bond donors (Lipinski definition) is 1. The highest BCUT2D eigenvalue weighted by atomic mass is 35.5. The monoisotopic (exact) mass is 266 g/mol. The molecule has 1 aromatic heterocycles. The maximum atomic E-state index is 8.76. The fraction of sp³-hybridized carbons (Fsp3) is 0.0909. The van der Waals surface area contributed by atoms with Crippen molar-refractivity contribution >= 4 is 29.0 Å². The van der Waals surface area contributed by atoms with E-state index in [1.807, 2.05) is 13.0 Å². The third kappa shape index (κ3) is 2.07. The van der Waals surface area contributed by atoms with E-state index in [1.165, 1.54) is 10.7 Å². The lowest BCUT2D eigenvalue weighted by Crippen LogP contribution is -2.03. The SMILES string of the molecule is Cc1cc(Cl)c(-n2nc(C#N)cc2N)c(Cl)c1. The number of nitrogens with zero attached hydrogens (tertiary/aromatic N) is 3. The van der Waals surface area contributed by atoms with Gasteiger partial charge < -0.3 is 5.73 Å². The largest absolute Gasteiger partial charge is 0.384 e. The Morgan fingerprint density at radius 2 is 1.88 bits per heavy atom. The van der Waals surface area contributed by atoms with Gasteiger partial charge in [-0.25, -0.2) is 4.68 Å². The van der Waals surface area contributed by atoms with Crippen LogP contribution in [0.15, 0.2) is 18.2 Å². The molecule has 86 valence electrons. The zero-order valence-electron chi connectivity index (χ0n) is 8.91. The second-order valence-corrected chi connectivity index (χ2v) is 4.37. The van der Waals surface area contributed by atoms with Gasteiger partial charge in [-0.05, 0) is 24.6 Å². The lowest BCUT2D eigenvalue weighted by atomic mass is 10.2. The van der Waals surface area contributed by atoms with Crippen molar-refractivity contribution in [3.05, 3.63) is 39.5 Å². The minimum atomic E-state index is 0.218. The van der Waals surface area contributed by atoms with E-state index in [9.17, 15) is 0 Å². The molecule has 0 bridgehead atoms. The Labute approximate surface area is 108 Å². The average Bonchev–Trinajstić information content (AvgIpc) is 2.59. The fourth-order valence-electron chi connectivity index (χ4n) is 1.52. The minimum absolute atomic E-state index is 0.218. The molecule has 0 atom stereocenters. The van der Waals surface area contributed by atoms with Crippen molar-refractivity contribution in [3.63, 3.8) is 0 Å². The summed E-state index contributed by atoms with van der Waals surface area (Å²) in [6.07, 6.45) is 0. The number of rotatable bonds is 1. The van der Waals surface area contributed by atoms with Gasteiger partial charge in [0.1, 0.15) is 17.6 Å². The number of nitrogens with two attached hydrogens (primary N) is 1. The van der Waals surface area contributed by atoms with E-state index in [-0.39, 0.29) is 5.69 Å². The van der Waals surface area contributed by atoms with Gasteiger partial charge in [0.15, 0.2) is 5.69 Å². The Morgan fingerprint density at radius 1 is 1.29 bits per heavy atom. The Bertz CT molecular complexity index is 602. The minimum Gasteiger partial charge on any atom is -0.384 e. The molecule has 2 N–H and O–H groups in total. The van der Waals surface area contributed by atoms with Gasteiger partial charge in [0.2, 0.25) is 0 Å². The number of nitriles is 1. The molecule has 0 aliphatic carbocycles. The molecule has 0 amide bonds. The van der Waals surface area contributed by atoms with Gasteiger partial charge in [-0.15, -0.1) is 0 Å². The number of benzene rings is 1. The Morgan fingerprint density at radius 3 is 2.35 bits per heavy atom. The molecule has 0 saturated heterocycles. The molecule has 0 aliphatic heterocycles. The summed E-state index contributed by atoms with van der Waals surface area (Å²) in [7, 11) is 0. The maximum Gasteiger partial charge on any atom is 0.165 e. The number of aryl methyl sites for hydroxylation is 1. The molecule has 0 saturated carbocycles. The van der Waals surface area contributed by atoms with Gasteiger partial charge in [-0.2, -0.15) is 10.4 Å². The molecule has 0 spiro atoms. The van der Waals surface area contributed by atoms with Crippen molar-refractivity contribution in [1.82, 2.24) is 9.78 Å². The standard InChI is InChI=1S/C11H8Cl2N4/c1-6-2-8(12)11(9(13)3-6)17-10(15)4-7(5-14)16-17/h2-4H,15H2,1H3. The zero-order chi connectivity index (χ0) is 12.6. The Kier molecular flexibility index (Phi) is 2.97. The van der Waals surface area contributed by atoms with Crippen LogP contribution in [0.1, 0.15) is 11.3 Å². The maximum absolute atomic E-state index is 8.76. The molecular formula is C11H8Cl2N4. The second-order valence-electron chi connectivity index (χ2n) is 3.56. The number of hydrogen-bond acceptors (Lipinski definition) is 3. The predicted octanol–water partition coefficient (Wildman–Crippen LogP) is 2.94. The summed E-state index contributed by atoms with van der Waals surface area (Å²) in [5.74, 6) is 0.314. The van der Waals surface area contributed by atoms with Gasteiger partial charge in [0.25, 0.3) is 0 Å². The molecule has 1 aromatic carbocycles. The molecule has 1 heterocycles. The van der Waals surface area contributed by atoms with Crippen LogP contribution in [0.4, 0.5) is 5.82 Å². The molecule has 0 unspecified atom stereocenters. The highest BCUT2D eigenvalue weighted by Crippen LogP contribution is 2.31. The number of nitrogen functional groups attached to an aromatic ring is 1. The van der Waals surface area contributed by atoms with Crippen molar-refractivity contribution in [1.29, 1.82) is 5.26 Å². The van der Waals surface area contributed by atoms with Crippen LogP contribution < -0.4 is 5.73 Å². The molecule has 0 aliphatic rings. The average molecular weight is 267 g/mol. The van der Waals surface area contributed by atoms with Gasteiger partial charge in [-0.3, -0.25) is 0 Å². The van der Waals surface area contributed by atoms with E-state index < -0.39 is 0 Å². The molecule has 2 rings (SSSR count). The smallest absolute Gasteiger partial charge is 0.165 e. The van der Waals surface area contributed by atoms with Crippen molar-refractivity contribution in [3.8, 4) is 11.8 Å². The summed E-state index contributed by atoms with van der Waals surface area (Å²) in [6, 6.07) is 6.89. The van der Waals surface area contributed by atoms with Crippen LogP contribution in [0.25, 0.3) is 5.69 Å². The normalized spacial score (nSPS) is 10.2. The number of aromatic nitrogens is 2. The summed E-state index contributed by atoms with van der Waals surface area (Å²) in [5.41, 5.74) is 7.40. The Balaban J connectivity index is 2.69. The summed E-state index contributed by atoms with van der Waals surface area (Å²) < 4.78 is 1.36. The van der Waals surface area contributed by atoms with Crippen LogP contribution in [0.5, 0.6) is 0 Å². The van der Waals surface area contributed by atoms with Crippen LogP contribution in [-0.4, -0.2) is 9.78 Å². The number of anilines is 1. The van der Waals surface area contributed by atoms with Crippen LogP contribution in [0.2, 0.25) is 10.0 Å². The molecule has 0 radical (unpaired) electrons. The Hall–Kier alpha value is -1.70. The van der Waals surface area contributed by atoms with Crippen molar-refractivity contribution in [2.75, 3.05) is 5.73 Å². The van der Waals surface area contributed by atoms with Crippen LogP contribution in [-0.2, 0) is 0 Å². The topological polar surface area (TPSA) is 67.6 Å². The lowest BCUT2D eigenvalue weighted by Gasteiger charge is -2.09. The van der Waals surface area contributed by atoms with Crippen molar-refractivity contribution in [2.45, 2.75) is 6.92 Å². The van der Waals surface area contributed by atoms with Crippen LogP contribution in [0.3, 0.4) is 0 Å². The summed E-state index contributed by atoms with van der Waals surface area (Å²) in [6.45, 7) is 1.88. The highest BCUT2D eigenvalue weighted by Gasteiger charge is 2.14. The van der Waals surface area contributed by atoms with Gasteiger partial charge in [0, 0.05) is 6.07 Å². The molecule has 2 aromatic rings. The summed E-state index contributed by atoms with van der Waals surface area (Å²) in [5, 5.41) is 13.6. The van der Waals surface area contributed by atoms with Crippen molar-refractivity contribution in [2.24, 2.45) is 0 Å². The third-order valence-electron chi connectivity index (χ3n) is 2.22. The first-order valence-corrected chi connectivity index (χ1v) is 5.50. The van der Waals surface area contributed by atoms with E-state index in [1.54, 1.807) is 12.1 Å². The first-order valence-electron chi connectivity index (χ1n) is 4.74. The summed E-state index contributed by atoms with van der Waals surface area (Å²) >= 11 is 12.2. The molecule has 0 fully saturated rings. The molecular weight excluding hydrogens is 259 g/mol. The van der Waals surface area contributed by atoms with Crippen molar-refractivity contribution < 1.29 is 0 Å². The van der Waals surface area contributed by atoms with E-state index in [4.69, 9.17) is 34.2 Å². The highest BCUT2D eigenvalue weighted by molar-refractivity contribution is 6.37. The lowest BCUT2D eigenvalue weighted by molar-refractivity contribution is 0.883. The quantitative estimate of drug-likeness (QED) is 0.863. The molecule has 17 heavy (non-hydrogen) atoms. The van der Waals surface area contributed by atoms with E-state index in [0.717, 1.165) is 5.56 Å². The van der Waals surface area contributed by atoms with E-state index in [0.29, 0.717) is 21.6 Å². The van der Waals surface area contributed by atoms with E-state index in [2.05, 4.69) is 5.10 Å². The first kappa shape index (κ1) is 11.8. The first-order chi connectivity index (χ1) is 8.02. The molecule has 6 heteroatoms. The van der Waals surface area contributed by atoms with Gasteiger partial charge in [0.05, 0.1) is 10.0 Å². The van der Waals surface area contributed by atoms with Gasteiger partial charge >= 0.3 is 0 Å². The molecule has 4 nitrogen and oxygen atoms in total. The van der Waals surface area contributed by atoms with E-state index >= 15 is 0 Å². The second kappa shape index (κ2) is 4.28. The predicted molar refractivity (Wildman–Crippen MR) is 67.4 cm³/mol.